The van der Waals surface area contributed by atoms with Gasteiger partial charge in [-0.2, -0.15) is 0 Å². The molecule has 0 saturated heterocycles. The lowest BCUT2D eigenvalue weighted by Gasteiger charge is -2.09. The third kappa shape index (κ3) is 1.84. The standard InChI is InChI=1S/C15H13N3O2/c1-2-9-5-7-16-13(15(19)20)12(9)11-8-18-14-10(11)4-3-6-17-14/h3-8H,2H2,1H3,(H,17,18)(H,19,20). The molecule has 0 unspecified atom stereocenters. The zero-order valence-corrected chi connectivity index (χ0v) is 10.9. The predicted molar refractivity (Wildman–Crippen MR) is 75.7 cm³/mol. The minimum Gasteiger partial charge on any atom is -0.476 e. The normalized spacial score (nSPS) is 10.8. The molecule has 0 bridgehead atoms. The third-order valence-corrected chi connectivity index (χ3v) is 3.34. The Morgan fingerprint density at radius 1 is 1.30 bits per heavy atom. The fourth-order valence-corrected chi connectivity index (χ4v) is 2.42. The van der Waals surface area contributed by atoms with Crippen molar-refractivity contribution in [3.63, 3.8) is 0 Å². The number of rotatable bonds is 3. The average Bonchev–Trinajstić information content (AvgIpc) is 2.90. The summed E-state index contributed by atoms with van der Waals surface area (Å²) in [5.41, 5.74) is 3.28. The lowest BCUT2D eigenvalue weighted by atomic mass is 9.97. The van der Waals surface area contributed by atoms with Crippen LogP contribution in [0, 0.1) is 0 Å². The molecule has 0 aliphatic rings. The van der Waals surface area contributed by atoms with E-state index in [0.717, 1.165) is 28.6 Å². The van der Waals surface area contributed by atoms with Crippen molar-refractivity contribution in [2.45, 2.75) is 13.3 Å². The fourth-order valence-electron chi connectivity index (χ4n) is 2.42. The quantitative estimate of drug-likeness (QED) is 0.764. The number of fused-ring (bicyclic) bond motifs is 1. The smallest absolute Gasteiger partial charge is 0.355 e. The Kier molecular flexibility index (Phi) is 2.95. The number of hydrogen-bond acceptors (Lipinski definition) is 3. The largest absolute Gasteiger partial charge is 0.476 e. The number of carbonyl (C=O) groups is 1. The first-order valence-electron chi connectivity index (χ1n) is 6.36. The van der Waals surface area contributed by atoms with E-state index in [1.165, 1.54) is 0 Å². The van der Waals surface area contributed by atoms with Crippen LogP contribution in [0.25, 0.3) is 22.2 Å². The Labute approximate surface area is 115 Å². The number of aryl methyl sites for hydroxylation is 1. The van der Waals surface area contributed by atoms with Gasteiger partial charge in [0, 0.05) is 35.1 Å². The second-order valence-electron chi connectivity index (χ2n) is 4.45. The molecule has 0 radical (unpaired) electrons. The Hall–Kier alpha value is -2.69. The monoisotopic (exact) mass is 267 g/mol. The second-order valence-corrected chi connectivity index (χ2v) is 4.45. The molecule has 20 heavy (non-hydrogen) atoms. The molecule has 5 nitrogen and oxygen atoms in total. The van der Waals surface area contributed by atoms with E-state index in [9.17, 15) is 9.90 Å². The molecule has 5 heteroatoms. The van der Waals surface area contributed by atoms with Crippen LogP contribution in [0.2, 0.25) is 0 Å². The average molecular weight is 267 g/mol. The van der Waals surface area contributed by atoms with Crippen LogP contribution >= 0.6 is 0 Å². The number of hydrogen-bond donors (Lipinski definition) is 2. The first-order chi connectivity index (χ1) is 9.72. The number of nitrogens with one attached hydrogen (secondary N) is 1. The van der Waals surface area contributed by atoms with E-state index in [4.69, 9.17) is 0 Å². The molecule has 0 aliphatic heterocycles. The molecule has 0 fully saturated rings. The van der Waals surface area contributed by atoms with Crippen LogP contribution in [-0.2, 0) is 6.42 Å². The van der Waals surface area contributed by atoms with Gasteiger partial charge in [0.25, 0.3) is 0 Å². The summed E-state index contributed by atoms with van der Waals surface area (Å²) in [7, 11) is 0. The van der Waals surface area contributed by atoms with Gasteiger partial charge in [-0.05, 0) is 30.2 Å². The summed E-state index contributed by atoms with van der Waals surface area (Å²) in [6.45, 7) is 2.00. The van der Waals surface area contributed by atoms with E-state index >= 15 is 0 Å². The number of H-pyrrole nitrogens is 1. The number of aromatic amines is 1. The van der Waals surface area contributed by atoms with Gasteiger partial charge in [-0.3, -0.25) is 0 Å². The minimum absolute atomic E-state index is 0.0779. The summed E-state index contributed by atoms with van der Waals surface area (Å²) in [6, 6.07) is 5.62. The lowest BCUT2D eigenvalue weighted by molar-refractivity contribution is 0.0691. The number of carboxylic acids is 1. The summed E-state index contributed by atoms with van der Waals surface area (Å²) < 4.78 is 0. The van der Waals surface area contributed by atoms with Crippen molar-refractivity contribution in [3.8, 4) is 11.1 Å². The Morgan fingerprint density at radius 3 is 2.90 bits per heavy atom. The Balaban J connectivity index is 2.36. The molecule has 3 aromatic heterocycles. The van der Waals surface area contributed by atoms with Crippen LogP contribution < -0.4 is 0 Å². The highest BCUT2D eigenvalue weighted by molar-refractivity contribution is 6.02. The highest BCUT2D eigenvalue weighted by Crippen LogP contribution is 2.32. The van der Waals surface area contributed by atoms with Crippen molar-refractivity contribution in [1.82, 2.24) is 15.0 Å². The molecule has 3 aromatic rings. The van der Waals surface area contributed by atoms with E-state index in [2.05, 4.69) is 15.0 Å². The van der Waals surface area contributed by atoms with E-state index in [-0.39, 0.29) is 5.69 Å². The third-order valence-electron chi connectivity index (χ3n) is 3.34. The van der Waals surface area contributed by atoms with E-state index in [1.807, 2.05) is 25.1 Å². The number of pyridine rings is 2. The molecule has 100 valence electrons. The molecular weight excluding hydrogens is 254 g/mol. The molecular formula is C15H13N3O2. The minimum atomic E-state index is -1.02. The van der Waals surface area contributed by atoms with Gasteiger partial charge in [0.15, 0.2) is 5.69 Å². The fraction of sp³-hybridized carbons (Fsp3) is 0.133. The van der Waals surface area contributed by atoms with E-state index < -0.39 is 5.97 Å². The van der Waals surface area contributed by atoms with Gasteiger partial charge >= 0.3 is 5.97 Å². The highest BCUT2D eigenvalue weighted by Gasteiger charge is 2.19. The van der Waals surface area contributed by atoms with Crippen LogP contribution in [0.3, 0.4) is 0 Å². The molecule has 3 rings (SSSR count). The first kappa shape index (κ1) is 12.3. The van der Waals surface area contributed by atoms with Crippen molar-refractivity contribution in [3.05, 3.63) is 48.0 Å². The summed E-state index contributed by atoms with van der Waals surface area (Å²) in [6.07, 6.45) is 5.77. The van der Waals surface area contributed by atoms with Gasteiger partial charge in [-0.15, -0.1) is 0 Å². The van der Waals surface area contributed by atoms with Gasteiger partial charge in [-0.1, -0.05) is 6.92 Å². The van der Waals surface area contributed by atoms with Crippen molar-refractivity contribution < 1.29 is 9.90 Å². The van der Waals surface area contributed by atoms with Crippen LogP contribution in [-0.4, -0.2) is 26.0 Å². The summed E-state index contributed by atoms with van der Waals surface area (Å²) >= 11 is 0. The van der Waals surface area contributed by atoms with Crippen molar-refractivity contribution >= 4 is 17.0 Å². The van der Waals surface area contributed by atoms with Gasteiger partial charge in [-0.25, -0.2) is 14.8 Å². The maximum atomic E-state index is 11.4. The predicted octanol–water partition coefficient (Wildman–Crippen LogP) is 2.89. The van der Waals surface area contributed by atoms with Crippen molar-refractivity contribution in [1.29, 1.82) is 0 Å². The number of aromatic carboxylic acids is 1. The maximum Gasteiger partial charge on any atom is 0.355 e. The highest BCUT2D eigenvalue weighted by atomic mass is 16.4. The molecule has 0 aromatic carbocycles. The Bertz CT molecular complexity index is 793. The number of aromatic nitrogens is 3. The molecule has 0 amide bonds. The Morgan fingerprint density at radius 2 is 2.15 bits per heavy atom. The molecule has 2 N–H and O–H groups in total. The van der Waals surface area contributed by atoms with Crippen molar-refractivity contribution in [2.75, 3.05) is 0 Å². The molecule has 0 spiro atoms. The number of carboxylic acid groups (broad SMARTS) is 1. The van der Waals surface area contributed by atoms with Crippen molar-refractivity contribution in [2.24, 2.45) is 0 Å². The lowest BCUT2D eigenvalue weighted by Crippen LogP contribution is -2.05. The topological polar surface area (TPSA) is 78.9 Å². The molecule has 0 saturated carbocycles. The molecule has 3 heterocycles. The number of nitrogens with zero attached hydrogens (tertiary/aromatic N) is 2. The van der Waals surface area contributed by atoms with Crippen LogP contribution in [0.4, 0.5) is 0 Å². The van der Waals surface area contributed by atoms with Crippen LogP contribution in [0.1, 0.15) is 23.0 Å². The molecule has 0 aliphatic carbocycles. The van der Waals surface area contributed by atoms with Gasteiger partial charge in [0.05, 0.1) is 0 Å². The SMILES string of the molecule is CCc1ccnc(C(=O)O)c1-c1c[nH]c2ncccc12. The second kappa shape index (κ2) is 4.77. The van der Waals surface area contributed by atoms with Gasteiger partial charge < -0.3 is 10.1 Å². The van der Waals surface area contributed by atoms with E-state index in [0.29, 0.717) is 5.56 Å². The summed E-state index contributed by atoms with van der Waals surface area (Å²) in [4.78, 5) is 22.8. The van der Waals surface area contributed by atoms with Crippen LogP contribution in [0.5, 0.6) is 0 Å². The first-order valence-corrected chi connectivity index (χ1v) is 6.36. The molecule has 0 atom stereocenters. The van der Waals surface area contributed by atoms with Crippen LogP contribution in [0.15, 0.2) is 36.8 Å². The van der Waals surface area contributed by atoms with Gasteiger partial charge in [0.2, 0.25) is 0 Å². The van der Waals surface area contributed by atoms with E-state index in [1.54, 1.807) is 18.6 Å². The zero-order valence-electron chi connectivity index (χ0n) is 10.9. The maximum absolute atomic E-state index is 11.4. The summed E-state index contributed by atoms with van der Waals surface area (Å²) in [5, 5.41) is 10.3. The zero-order chi connectivity index (χ0) is 14.1. The summed E-state index contributed by atoms with van der Waals surface area (Å²) in [5.74, 6) is -1.02. The van der Waals surface area contributed by atoms with Gasteiger partial charge in [0.1, 0.15) is 5.65 Å².